The maximum absolute atomic E-state index is 12.3. The smallest absolute Gasteiger partial charge is 0.472 e. The minimum absolute atomic E-state index is 0.152. The summed E-state index contributed by atoms with van der Waals surface area (Å²) in [5.41, 5.74) is 0. The molecule has 0 radical (unpaired) electrons. The van der Waals surface area contributed by atoms with E-state index in [1.54, 1.807) is 0 Å². The Labute approximate surface area is 335 Å². The lowest BCUT2D eigenvalue weighted by Crippen LogP contribution is -2.43. The molecule has 0 aliphatic rings. The molecule has 0 fully saturated rings. The van der Waals surface area contributed by atoms with Gasteiger partial charge in [0.1, 0.15) is 12.7 Å². The van der Waals surface area contributed by atoms with Gasteiger partial charge in [-0.3, -0.25) is 18.6 Å². The van der Waals surface area contributed by atoms with E-state index in [1.165, 1.54) is 148 Å². The third-order valence-electron chi connectivity index (χ3n) is 10.1. The van der Waals surface area contributed by atoms with E-state index < -0.39 is 57.6 Å². The van der Waals surface area contributed by atoms with Gasteiger partial charge < -0.3 is 25.2 Å². The van der Waals surface area contributed by atoms with Gasteiger partial charge in [0.05, 0.1) is 13.2 Å². The van der Waals surface area contributed by atoms with Crippen molar-refractivity contribution in [3.8, 4) is 0 Å². The molecule has 0 aromatic carbocycles. The summed E-state index contributed by atoms with van der Waals surface area (Å²) in [6.45, 7) is 2.62. The van der Waals surface area contributed by atoms with Crippen LogP contribution >= 0.6 is 7.82 Å². The number of phosphoric acid groups is 1. The number of carboxylic acid groups (broad SMARTS) is 1. The highest BCUT2D eigenvalue weighted by molar-refractivity contribution is 7.47. The van der Waals surface area contributed by atoms with Crippen molar-refractivity contribution in [1.82, 2.24) is 5.32 Å². The molecule has 0 bridgehead atoms. The maximum Gasteiger partial charge on any atom is 0.472 e. The molecule has 11 nitrogen and oxygen atoms in total. The number of esters is 1. The van der Waals surface area contributed by atoms with Gasteiger partial charge in [-0.25, -0.2) is 9.36 Å². The highest BCUT2D eigenvalue weighted by Gasteiger charge is 2.28. The van der Waals surface area contributed by atoms with E-state index in [4.69, 9.17) is 13.8 Å². The standard InChI is InChI=1S/C43H84NO10P/c1-3-5-7-9-11-13-15-17-19-20-21-23-25-27-29-31-33-35-42(47)52-36-39(45)37-53-55(50,51)54-38-40(43(48)49)44-41(46)34-32-30-28-26-24-22-18-16-14-12-10-8-6-4-2/h39-40,45H,3-38H2,1-2H3,(H,44,46)(H,48,49)(H,50,51). The first-order valence-corrected chi connectivity index (χ1v) is 24.1. The summed E-state index contributed by atoms with van der Waals surface area (Å²) in [7, 11) is -4.75. The summed E-state index contributed by atoms with van der Waals surface area (Å²) in [6, 6.07) is -1.54. The molecule has 0 saturated carbocycles. The zero-order valence-electron chi connectivity index (χ0n) is 35.3. The minimum atomic E-state index is -4.75. The molecule has 3 unspecified atom stereocenters. The van der Waals surface area contributed by atoms with Crippen LogP contribution in [0.3, 0.4) is 0 Å². The largest absolute Gasteiger partial charge is 0.480 e. The highest BCUT2D eigenvalue weighted by atomic mass is 31.2. The quantitative estimate of drug-likeness (QED) is 0.0264. The minimum Gasteiger partial charge on any atom is -0.480 e. The Kier molecular flexibility index (Phi) is 38.2. The lowest BCUT2D eigenvalue weighted by molar-refractivity contribution is -0.147. The average Bonchev–Trinajstić information content (AvgIpc) is 3.16. The summed E-state index contributed by atoms with van der Waals surface area (Å²) in [4.78, 5) is 45.9. The molecule has 3 atom stereocenters. The van der Waals surface area contributed by atoms with Gasteiger partial charge in [0.25, 0.3) is 0 Å². The van der Waals surface area contributed by atoms with Crippen molar-refractivity contribution in [2.45, 2.75) is 238 Å². The molecule has 326 valence electrons. The Balaban J connectivity index is 3.84. The topological polar surface area (TPSA) is 169 Å². The number of aliphatic hydroxyl groups excluding tert-OH is 1. The van der Waals surface area contributed by atoms with Gasteiger partial charge in [-0.05, 0) is 12.8 Å². The molecule has 0 aliphatic carbocycles. The van der Waals surface area contributed by atoms with Crippen LogP contribution in [-0.2, 0) is 32.7 Å². The van der Waals surface area contributed by atoms with Gasteiger partial charge >= 0.3 is 19.8 Å². The first-order valence-electron chi connectivity index (χ1n) is 22.6. The SMILES string of the molecule is CCCCCCCCCCCCCCCCCCCC(=O)OCC(O)COP(=O)(O)OCC(NC(=O)CCCCCCCCCCCCCCCC)C(=O)O. The van der Waals surface area contributed by atoms with Crippen LogP contribution in [0, 0.1) is 0 Å². The van der Waals surface area contributed by atoms with Crippen LogP contribution in [0.2, 0.25) is 0 Å². The summed E-state index contributed by atoms with van der Waals surface area (Å²) in [6.07, 6.45) is 36.9. The summed E-state index contributed by atoms with van der Waals surface area (Å²) in [5.74, 6) is -2.35. The fraction of sp³-hybridized carbons (Fsp3) is 0.930. The van der Waals surface area contributed by atoms with Crippen molar-refractivity contribution in [3.63, 3.8) is 0 Å². The number of hydrogen-bond donors (Lipinski definition) is 4. The van der Waals surface area contributed by atoms with Crippen molar-refractivity contribution < 1.29 is 47.8 Å². The van der Waals surface area contributed by atoms with Gasteiger partial charge in [0, 0.05) is 12.8 Å². The molecule has 0 aromatic heterocycles. The van der Waals surface area contributed by atoms with E-state index in [0.717, 1.165) is 38.5 Å². The molecule has 0 saturated heterocycles. The van der Waals surface area contributed by atoms with Crippen molar-refractivity contribution in [2.24, 2.45) is 0 Å². The predicted molar refractivity (Wildman–Crippen MR) is 222 cm³/mol. The molecule has 0 rings (SSSR count). The van der Waals surface area contributed by atoms with E-state index in [0.29, 0.717) is 12.8 Å². The normalized spacial score (nSPS) is 13.7. The van der Waals surface area contributed by atoms with E-state index in [2.05, 4.69) is 19.2 Å². The Hall–Kier alpha value is -1.52. The van der Waals surface area contributed by atoms with Gasteiger partial charge in [0.2, 0.25) is 5.91 Å². The number of aliphatic hydroxyl groups is 1. The number of carboxylic acids is 1. The molecule has 0 aliphatic heterocycles. The number of unbranched alkanes of at least 4 members (excludes halogenated alkanes) is 29. The van der Waals surface area contributed by atoms with Crippen LogP contribution in [0.1, 0.15) is 226 Å². The molecular formula is C43H84NO10P. The highest BCUT2D eigenvalue weighted by Crippen LogP contribution is 2.43. The number of ether oxygens (including phenoxy) is 1. The first kappa shape index (κ1) is 53.5. The van der Waals surface area contributed by atoms with Gasteiger partial charge in [0.15, 0.2) is 6.04 Å². The number of phosphoric ester groups is 1. The number of aliphatic carboxylic acids is 1. The number of amides is 1. The van der Waals surface area contributed by atoms with Gasteiger partial charge in [-0.15, -0.1) is 0 Å². The fourth-order valence-electron chi connectivity index (χ4n) is 6.61. The van der Waals surface area contributed by atoms with E-state index in [-0.39, 0.29) is 12.8 Å². The molecule has 4 N–H and O–H groups in total. The van der Waals surface area contributed by atoms with Crippen LogP contribution in [0.25, 0.3) is 0 Å². The second kappa shape index (κ2) is 39.3. The monoisotopic (exact) mass is 806 g/mol. The van der Waals surface area contributed by atoms with Crippen LogP contribution in [0.4, 0.5) is 0 Å². The zero-order chi connectivity index (χ0) is 40.7. The Morgan fingerprint density at radius 3 is 1.20 bits per heavy atom. The number of rotatable bonds is 43. The number of carbonyl (C=O) groups is 3. The molecule has 0 heterocycles. The molecule has 0 spiro atoms. The van der Waals surface area contributed by atoms with Crippen molar-refractivity contribution in [1.29, 1.82) is 0 Å². The average molecular weight is 806 g/mol. The Bertz CT molecular complexity index is 952. The van der Waals surface area contributed by atoms with E-state index in [1.807, 2.05) is 0 Å². The number of carbonyl (C=O) groups excluding carboxylic acids is 2. The lowest BCUT2D eigenvalue weighted by atomic mass is 10.0. The fourth-order valence-corrected chi connectivity index (χ4v) is 7.38. The third kappa shape index (κ3) is 39.1. The van der Waals surface area contributed by atoms with Gasteiger partial charge in [-0.1, -0.05) is 200 Å². The Morgan fingerprint density at radius 2 is 0.836 bits per heavy atom. The second-order valence-electron chi connectivity index (χ2n) is 15.6. The summed E-state index contributed by atoms with van der Waals surface area (Å²) < 4.78 is 26.8. The van der Waals surface area contributed by atoms with Crippen LogP contribution in [0.15, 0.2) is 0 Å². The summed E-state index contributed by atoms with van der Waals surface area (Å²) in [5, 5.41) is 21.8. The molecule has 1 amide bonds. The molecule has 0 aromatic rings. The summed E-state index contributed by atoms with van der Waals surface area (Å²) >= 11 is 0. The van der Waals surface area contributed by atoms with E-state index >= 15 is 0 Å². The molecular weight excluding hydrogens is 721 g/mol. The van der Waals surface area contributed by atoms with Gasteiger partial charge in [-0.2, -0.15) is 0 Å². The van der Waals surface area contributed by atoms with E-state index in [9.17, 15) is 34.1 Å². The molecule has 12 heteroatoms. The third-order valence-corrected chi connectivity index (χ3v) is 11.1. The van der Waals surface area contributed by atoms with Crippen molar-refractivity contribution >= 4 is 25.7 Å². The van der Waals surface area contributed by atoms with Crippen molar-refractivity contribution in [2.75, 3.05) is 19.8 Å². The number of nitrogens with one attached hydrogen (secondary N) is 1. The second-order valence-corrected chi connectivity index (χ2v) is 17.1. The first-order chi connectivity index (χ1) is 26.6. The zero-order valence-corrected chi connectivity index (χ0v) is 36.2. The van der Waals surface area contributed by atoms with Crippen molar-refractivity contribution in [3.05, 3.63) is 0 Å². The van der Waals surface area contributed by atoms with Crippen LogP contribution in [-0.4, -0.2) is 64.9 Å². The maximum atomic E-state index is 12.3. The van der Waals surface area contributed by atoms with Crippen LogP contribution in [0.5, 0.6) is 0 Å². The van der Waals surface area contributed by atoms with Crippen LogP contribution < -0.4 is 5.32 Å². The molecule has 55 heavy (non-hydrogen) atoms. The number of hydrogen-bond acceptors (Lipinski definition) is 8. The predicted octanol–water partition coefficient (Wildman–Crippen LogP) is 11.5. The Morgan fingerprint density at radius 1 is 0.509 bits per heavy atom. The lowest BCUT2D eigenvalue weighted by Gasteiger charge is -2.18.